The maximum absolute atomic E-state index is 10.4. The summed E-state index contributed by atoms with van der Waals surface area (Å²) in [6.07, 6.45) is 0. The molecule has 3 heteroatoms. The van der Waals surface area contributed by atoms with Gasteiger partial charge in [-0.3, -0.25) is 4.79 Å². The van der Waals surface area contributed by atoms with Crippen LogP contribution < -0.4 is 0 Å². The first-order chi connectivity index (χ1) is 4.04. The topological polar surface area (TPSA) is 20.3 Å². The van der Waals surface area contributed by atoms with Gasteiger partial charge in [0.15, 0.2) is 0 Å². The van der Waals surface area contributed by atoms with Gasteiger partial charge in [-0.25, -0.2) is 0 Å². The molecule has 0 aliphatic heterocycles. The lowest BCUT2D eigenvalue weighted by Crippen LogP contribution is -2.25. The molecule has 0 bridgehead atoms. The molecule has 1 amide bonds. The average Bonchev–Trinajstić information content (AvgIpc) is 1.63. The molecule has 0 aromatic carbocycles. The summed E-state index contributed by atoms with van der Waals surface area (Å²) < 4.78 is 0. The summed E-state index contributed by atoms with van der Waals surface area (Å²) in [5.41, 5.74) is 0. The van der Waals surface area contributed by atoms with E-state index in [4.69, 9.17) is 11.6 Å². The van der Waals surface area contributed by atoms with E-state index in [0.29, 0.717) is 5.92 Å². The molecule has 0 N–H and O–H groups in total. The Hall–Kier alpha value is -0.240. The highest BCUT2D eigenvalue weighted by atomic mass is 35.5. The monoisotopic (exact) mass is 149 g/mol. The van der Waals surface area contributed by atoms with Crippen LogP contribution in [0, 0.1) is 5.92 Å². The normalized spacial score (nSPS) is 9.89. The Bertz CT molecular complexity index is 103. The number of amides is 1. The van der Waals surface area contributed by atoms with Gasteiger partial charge >= 0.3 is 5.37 Å². The molecule has 0 atom stereocenters. The van der Waals surface area contributed by atoms with Gasteiger partial charge in [0.05, 0.1) is 0 Å². The van der Waals surface area contributed by atoms with Gasteiger partial charge in [-0.2, -0.15) is 0 Å². The van der Waals surface area contributed by atoms with Crippen molar-refractivity contribution in [2.24, 2.45) is 5.92 Å². The van der Waals surface area contributed by atoms with Crippen molar-refractivity contribution in [1.82, 2.24) is 4.90 Å². The molecule has 0 saturated carbocycles. The molecule has 0 rings (SSSR count). The van der Waals surface area contributed by atoms with Crippen molar-refractivity contribution in [3.8, 4) is 0 Å². The van der Waals surface area contributed by atoms with Crippen LogP contribution in [0.5, 0.6) is 0 Å². The van der Waals surface area contributed by atoms with E-state index in [1.807, 2.05) is 13.8 Å². The van der Waals surface area contributed by atoms with Gasteiger partial charge in [-0.15, -0.1) is 0 Å². The van der Waals surface area contributed by atoms with E-state index in [1.165, 1.54) is 4.90 Å². The second kappa shape index (κ2) is 3.72. The van der Waals surface area contributed by atoms with Crippen LogP contribution in [0.15, 0.2) is 0 Å². The zero-order valence-corrected chi connectivity index (χ0v) is 6.77. The number of hydrogen-bond acceptors (Lipinski definition) is 1. The third kappa shape index (κ3) is 4.28. The summed E-state index contributed by atoms with van der Waals surface area (Å²) >= 11 is 5.16. The Morgan fingerprint density at radius 3 is 2.22 bits per heavy atom. The zero-order valence-electron chi connectivity index (χ0n) is 6.02. The van der Waals surface area contributed by atoms with Crippen LogP contribution in [0.25, 0.3) is 0 Å². The Morgan fingerprint density at radius 2 is 2.11 bits per heavy atom. The molecule has 0 heterocycles. The van der Waals surface area contributed by atoms with Gasteiger partial charge in [-0.05, 0) is 17.5 Å². The van der Waals surface area contributed by atoms with Crippen molar-refractivity contribution in [3.05, 3.63) is 0 Å². The summed E-state index contributed by atoms with van der Waals surface area (Å²) in [5, 5.41) is -0.385. The lowest BCUT2D eigenvalue weighted by atomic mass is 10.2. The van der Waals surface area contributed by atoms with E-state index in [9.17, 15) is 4.79 Å². The largest absolute Gasteiger partial charge is 0.332 e. The van der Waals surface area contributed by atoms with E-state index < -0.39 is 0 Å². The van der Waals surface area contributed by atoms with Gasteiger partial charge in [-0.1, -0.05) is 13.8 Å². The van der Waals surface area contributed by atoms with Gasteiger partial charge in [0.25, 0.3) is 0 Å². The number of carbonyl (C=O) groups excluding carboxylic acids is 1. The molecule has 0 aromatic rings. The molecule has 2 nitrogen and oxygen atoms in total. The van der Waals surface area contributed by atoms with Crippen LogP contribution in [0.4, 0.5) is 4.79 Å². The Balaban J connectivity index is 3.50. The predicted molar refractivity (Wildman–Crippen MR) is 38.7 cm³/mol. The van der Waals surface area contributed by atoms with Crippen LogP contribution in [0.1, 0.15) is 13.8 Å². The Kier molecular flexibility index (Phi) is 3.62. The fraction of sp³-hybridized carbons (Fsp3) is 0.833. The van der Waals surface area contributed by atoms with Gasteiger partial charge in [0.2, 0.25) is 0 Å². The lowest BCUT2D eigenvalue weighted by Gasteiger charge is -2.14. The van der Waals surface area contributed by atoms with Gasteiger partial charge < -0.3 is 4.90 Å². The molecule has 0 aliphatic rings. The Morgan fingerprint density at radius 1 is 1.67 bits per heavy atom. The third-order valence-corrected chi connectivity index (χ3v) is 1.23. The molecule has 0 unspecified atom stereocenters. The van der Waals surface area contributed by atoms with E-state index in [1.54, 1.807) is 7.05 Å². The number of carbonyl (C=O) groups is 1. The zero-order chi connectivity index (χ0) is 7.44. The van der Waals surface area contributed by atoms with E-state index in [0.717, 1.165) is 6.54 Å². The molecule has 0 radical (unpaired) electrons. The molecule has 9 heavy (non-hydrogen) atoms. The summed E-state index contributed by atoms with van der Waals surface area (Å²) in [4.78, 5) is 11.9. The fourth-order valence-corrected chi connectivity index (χ4v) is 0.689. The molecule has 0 aromatic heterocycles. The molecule has 0 fully saturated rings. The number of nitrogens with zero attached hydrogens (tertiary/aromatic N) is 1. The summed E-state index contributed by atoms with van der Waals surface area (Å²) in [6.45, 7) is 4.80. The van der Waals surface area contributed by atoms with Crippen LogP contribution in [0.3, 0.4) is 0 Å². The van der Waals surface area contributed by atoms with Crippen LogP contribution in [0.2, 0.25) is 0 Å². The molecule has 0 aliphatic carbocycles. The average molecular weight is 150 g/mol. The molecule has 0 saturated heterocycles. The molecular formula is C6H12ClNO. The van der Waals surface area contributed by atoms with Gasteiger partial charge in [0, 0.05) is 13.6 Å². The van der Waals surface area contributed by atoms with Crippen molar-refractivity contribution in [3.63, 3.8) is 0 Å². The highest BCUT2D eigenvalue weighted by molar-refractivity contribution is 6.62. The maximum Gasteiger partial charge on any atom is 0.316 e. The third-order valence-electron chi connectivity index (χ3n) is 0.939. The number of halogens is 1. The SMILES string of the molecule is CC(C)CN(C)C(=O)Cl. The first-order valence-electron chi connectivity index (χ1n) is 2.94. The molecular weight excluding hydrogens is 138 g/mol. The van der Waals surface area contributed by atoms with Crippen LogP contribution >= 0.6 is 11.6 Å². The molecule has 0 spiro atoms. The second-order valence-electron chi connectivity index (χ2n) is 2.53. The van der Waals surface area contributed by atoms with E-state index in [2.05, 4.69) is 0 Å². The highest BCUT2D eigenvalue weighted by Gasteiger charge is 2.04. The minimum Gasteiger partial charge on any atom is -0.332 e. The van der Waals surface area contributed by atoms with Crippen molar-refractivity contribution in [1.29, 1.82) is 0 Å². The number of hydrogen-bond donors (Lipinski definition) is 0. The molecule has 54 valence electrons. The van der Waals surface area contributed by atoms with Crippen molar-refractivity contribution >= 4 is 17.0 Å². The Labute approximate surface area is 60.8 Å². The highest BCUT2D eigenvalue weighted by Crippen LogP contribution is 1.98. The summed E-state index contributed by atoms with van der Waals surface area (Å²) in [6, 6.07) is 0. The first kappa shape index (κ1) is 8.76. The fourth-order valence-electron chi connectivity index (χ4n) is 0.619. The summed E-state index contributed by atoms with van der Waals surface area (Å²) in [7, 11) is 1.69. The first-order valence-corrected chi connectivity index (χ1v) is 3.32. The van der Waals surface area contributed by atoms with Gasteiger partial charge in [0.1, 0.15) is 0 Å². The van der Waals surface area contributed by atoms with E-state index in [-0.39, 0.29) is 5.37 Å². The number of rotatable bonds is 2. The van der Waals surface area contributed by atoms with Crippen molar-refractivity contribution < 1.29 is 4.79 Å². The minimum atomic E-state index is -0.385. The quantitative estimate of drug-likeness (QED) is 0.434. The van der Waals surface area contributed by atoms with Crippen molar-refractivity contribution in [2.75, 3.05) is 13.6 Å². The second-order valence-corrected chi connectivity index (χ2v) is 2.85. The standard InChI is InChI=1S/C6H12ClNO/c1-5(2)4-8(3)6(7)9/h5H,4H2,1-3H3. The maximum atomic E-state index is 10.4. The van der Waals surface area contributed by atoms with E-state index >= 15 is 0 Å². The lowest BCUT2D eigenvalue weighted by molar-refractivity contribution is 0.227. The van der Waals surface area contributed by atoms with Crippen molar-refractivity contribution in [2.45, 2.75) is 13.8 Å². The minimum absolute atomic E-state index is 0.385. The predicted octanol–water partition coefficient (Wildman–Crippen LogP) is 1.93. The van der Waals surface area contributed by atoms with Crippen LogP contribution in [-0.4, -0.2) is 23.9 Å². The van der Waals surface area contributed by atoms with Crippen LogP contribution in [-0.2, 0) is 0 Å². The summed E-state index contributed by atoms with van der Waals surface area (Å²) in [5.74, 6) is 0.484. The smallest absolute Gasteiger partial charge is 0.316 e.